The molecule has 62 valence electrons. The molecular formula is C5H7NO5. The minimum Gasteiger partial charge on any atom is -0.504 e. The van der Waals surface area contributed by atoms with E-state index in [1.54, 1.807) is 0 Å². The Bertz CT molecular complexity index is 211. The predicted octanol–water partition coefficient (Wildman–Crippen LogP) is -1.26. The molecule has 0 bridgehead atoms. The molecule has 0 fully saturated rings. The van der Waals surface area contributed by atoms with Crippen molar-refractivity contribution in [3.05, 3.63) is 11.5 Å². The summed E-state index contributed by atoms with van der Waals surface area (Å²) in [4.78, 5) is 10.5. The third-order valence-corrected chi connectivity index (χ3v) is 1.19. The molecule has 0 spiro atoms. The SMILES string of the molecule is O=C1OC(NCO)C(O)=C1O. The lowest BCUT2D eigenvalue weighted by Gasteiger charge is -2.08. The number of hydrogen-bond donors (Lipinski definition) is 4. The summed E-state index contributed by atoms with van der Waals surface area (Å²) >= 11 is 0. The first kappa shape index (κ1) is 7.83. The number of nitrogens with one attached hydrogen (secondary N) is 1. The smallest absolute Gasteiger partial charge is 0.379 e. The quantitative estimate of drug-likeness (QED) is 0.298. The Balaban J connectivity index is 2.69. The summed E-state index contributed by atoms with van der Waals surface area (Å²) in [7, 11) is 0. The van der Waals surface area contributed by atoms with Gasteiger partial charge in [0.25, 0.3) is 0 Å². The lowest BCUT2D eigenvalue weighted by molar-refractivity contribution is -0.144. The van der Waals surface area contributed by atoms with E-state index in [0.29, 0.717) is 0 Å². The molecule has 1 heterocycles. The topological polar surface area (TPSA) is 99.0 Å². The molecule has 1 rings (SSSR count). The summed E-state index contributed by atoms with van der Waals surface area (Å²) in [5.41, 5.74) is 0. The van der Waals surface area contributed by atoms with E-state index in [-0.39, 0.29) is 0 Å². The molecule has 0 aliphatic carbocycles. The summed E-state index contributed by atoms with van der Waals surface area (Å²) < 4.78 is 4.34. The van der Waals surface area contributed by atoms with Crippen LogP contribution in [0.25, 0.3) is 0 Å². The fourth-order valence-electron chi connectivity index (χ4n) is 0.669. The molecule has 0 saturated heterocycles. The largest absolute Gasteiger partial charge is 0.504 e. The van der Waals surface area contributed by atoms with Gasteiger partial charge in [0.1, 0.15) is 0 Å². The minimum atomic E-state index is -1.13. The Hall–Kier alpha value is -1.27. The van der Waals surface area contributed by atoms with Gasteiger partial charge < -0.3 is 20.1 Å². The van der Waals surface area contributed by atoms with Crippen molar-refractivity contribution in [2.24, 2.45) is 0 Å². The number of rotatable bonds is 2. The van der Waals surface area contributed by atoms with Crippen LogP contribution in [0, 0.1) is 0 Å². The van der Waals surface area contributed by atoms with Gasteiger partial charge in [-0.1, -0.05) is 0 Å². The molecule has 1 aliphatic heterocycles. The van der Waals surface area contributed by atoms with Crippen LogP contribution in [0.3, 0.4) is 0 Å². The normalized spacial score (nSPS) is 24.1. The second kappa shape index (κ2) is 2.77. The first-order valence-corrected chi connectivity index (χ1v) is 2.84. The molecule has 0 radical (unpaired) electrons. The average Bonchev–Trinajstić information content (AvgIpc) is 2.19. The highest BCUT2D eigenvalue weighted by Crippen LogP contribution is 2.15. The predicted molar refractivity (Wildman–Crippen MR) is 32.4 cm³/mol. The molecule has 1 aliphatic rings. The van der Waals surface area contributed by atoms with Crippen LogP contribution in [0.5, 0.6) is 0 Å². The van der Waals surface area contributed by atoms with Gasteiger partial charge in [0, 0.05) is 0 Å². The number of aliphatic hydroxyl groups is 3. The third kappa shape index (κ3) is 1.26. The Labute approximate surface area is 61.7 Å². The summed E-state index contributed by atoms with van der Waals surface area (Å²) in [6, 6.07) is 0. The number of aliphatic hydroxyl groups excluding tert-OH is 3. The van der Waals surface area contributed by atoms with Crippen LogP contribution in [-0.4, -0.2) is 34.2 Å². The Morgan fingerprint density at radius 1 is 1.55 bits per heavy atom. The first-order chi connectivity index (χ1) is 5.16. The van der Waals surface area contributed by atoms with E-state index in [0.717, 1.165) is 0 Å². The summed E-state index contributed by atoms with van der Waals surface area (Å²) in [5.74, 6) is -2.44. The molecular weight excluding hydrogens is 154 g/mol. The molecule has 0 aromatic heterocycles. The van der Waals surface area contributed by atoms with Crippen LogP contribution >= 0.6 is 0 Å². The number of esters is 1. The Morgan fingerprint density at radius 3 is 2.55 bits per heavy atom. The van der Waals surface area contributed by atoms with Gasteiger partial charge in [-0.05, 0) is 0 Å². The van der Waals surface area contributed by atoms with Gasteiger partial charge in [0.05, 0.1) is 6.73 Å². The van der Waals surface area contributed by atoms with Crippen molar-refractivity contribution in [3.63, 3.8) is 0 Å². The van der Waals surface area contributed by atoms with Gasteiger partial charge >= 0.3 is 5.97 Å². The molecule has 6 heteroatoms. The number of carbonyl (C=O) groups excluding carboxylic acids is 1. The number of carbonyl (C=O) groups is 1. The van der Waals surface area contributed by atoms with Gasteiger partial charge in [-0.15, -0.1) is 0 Å². The van der Waals surface area contributed by atoms with Gasteiger partial charge in [-0.2, -0.15) is 0 Å². The van der Waals surface area contributed by atoms with E-state index in [2.05, 4.69) is 10.1 Å². The van der Waals surface area contributed by atoms with Gasteiger partial charge in [-0.3, -0.25) is 5.32 Å². The molecule has 0 aromatic rings. The van der Waals surface area contributed by atoms with Crippen LogP contribution < -0.4 is 5.32 Å². The van der Waals surface area contributed by atoms with Gasteiger partial charge in [-0.25, -0.2) is 4.79 Å². The van der Waals surface area contributed by atoms with E-state index < -0.39 is 30.4 Å². The molecule has 11 heavy (non-hydrogen) atoms. The molecule has 1 atom stereocenters. The maximum Gasteiger partial charge on any atom is 0.379 e. The highest BCUT2D eigenvalue weighted by atomic mass is 16.6. The van der Waals surface area contributed by atoms with E-state index in [1.165, 1.54) is 0 Å². The summed E-state index contributed by atoms with van der Waals surface area (Å²) in [6.45, 7) is -0.463. The fourth-order valence-corrected chi connectivity index (χ4v) is 0.669. The van der Waals surface area contributed by atoms with E-state index >= 15 is 0 Å². The van der Waals surface area contributed by atoms with Gasteiger partial charge in [0.2, 0.25) is 12.0 Å². The van der Waals surface area contributed by atoms with Crippen LogP contribution in [0.15, 0.2) is 11.5 Å². The fraction of sp³-hybridized carbons (Fsp3) is 0.400. The maximum atomic E-state index is 10.5. The average molecular weight is 161 g/mol. The van der Waals surface area contributed by atoms with Crippen molar-refractivity contribution < 1.29 is 24.9 Å². The molecule has 6 nitrogen and oxygen atoms in total. The second-order valence-corrected chi connectivity index (χ2v) is 1.88. The zero-order valence-electron chi connectivity index (χ0n) is 5.44. The van der Waals surface area contributed by atoms with Gasteiger partial charge in [0.15, 0.2) is 5.76 Å². The lowest BCUT2D eigenvalue weighted by atomic mass is 10.4. The molecule has 4 N–H and O–H groups in total. The summed E-state index contributed by atoms with van der Waals surface area (Å²) in [5, 5.41) is 28.1. The molecule has 0 amide bonds. The number of ether oxygens (including phenoxy) is 1. The zero-order valence-corrected chi connectivity index (χ0v) is 5.44. The van der Waals surface area contributed by atoms with Crippen molar-refractivity contribution >= 4 is 5.97 Å². The number of cyclic esters (lactones) is 1. The zero-order chi connectivity index (χ0) is 8.43. The molecule has 0 saturated carbocycles. The van der Waals surface area contributed by atoms with Crippen molar-refractivity contribution in [3.8, 4) is 0 Å². The van der Waals surface area contributed by atoms with Crippen molar-refractivity contribution in [2.45, 2.75) is 6.23 Å². The highest BCUT2D eigenvalue weighted by molar-refractivity contribution is 5.88. The van der Waals surface area contributed by atoms with E-state index in [9.17, 15) is 4.79 Å². The van der Waals surface area contributed by atoms with Crippen molar-refractivity contribution in [1.29, 1.82) is 0 Å². The Morgan fingerprint density at radius 2 is 2.18 bits per heavy atom. The van der Waals surface area contributed by atoms with Crippen molar-refractivity contribution in [2.75, 3.05) is 6.73 Å². The molecule has 1 unspecified atom stereocenters. The first-order valence-electron chi connectivity index (χ1n) is 2.84. The molecule has 0 aromatic carbocycles. The monoisotopic (exact) mass is 161 g/mol. The lowest BCUT2D eigenvalue weighted by Crippen LogP contribution is -2.31. The maximum absolute atomic E-state index is 10.5. The van der Waals surface area contributed by atoms with Crippen LogP contribution in [0.1, 0.15) is 0 Å². The summed E-state index contributed by atoms with van der Waals surface area (Å²) in [6.07, 6.45) is -1.13. The Kier molecular flexibility index (Phi) is 1.97. The van der Waals surface area contributed by atoms with Crippen LogP contribution in [-0.2, 0) is 9.53 Å². The van der Waals surface area contributed by atoms with Crippen LogP contribution in [0.4, 0.5) is 0 Å². The highest BCUT2D eigenvalue weighted by Gasteiger charge is 2.33. The number of hydrogen-bond acceptors (Lipinski definition) is 6. The third-order valence-electron chi connectivity index (χ3n) is 1.19. The second-order valence-electron chi connectivity index (χ2n) is 1.88. The van der Waals surface area contributed by atoms with Crippen molar-refractivity contribution in [1.82, 2.24) is 5.32 Å². The van der Waals surface area contributed by atoms with E-state index in [4.69, 9.17) is 15.3 Å². The van der Waals surface area contributed by atoms with Crippen LogP contribution in [0.2, 0.25) is 0 Å². The van der Waals surface area contributed by atoms with E-state index in [1.807, 2.05) is 0 Å². The minimum absolute atomic E-state index is 0.463. The standard InChI is InChI=1S/C5H7NO5/c7-1-6-4-2(8)3(9)5(10)11-4/h4,6-9H,1H2.